The molecule has 2 aromatic carbocycles. The summed E-state index contributed by atoms with van der Waals surface area (Å²) >= 11 is 7.40. The predicted octanol–water partition coefficient (Wildman–Crippen LogP) is 4.71. The van der Waals surface area contributed by atoms with Crippen LogP contribution in [-0.2, 0) is 17.6 Å². The molecule has 0 saturated heterocycles. The molecule has 148 valence electrons. The van der Waals surface area contributed by atoms with Crippen molar-refractivity contribution in [3.05, 3.63) is 69.6 Å². The SMILES string of the molecule is O=C(CCNC(=O)c1ccccc1Cl)Nc1nc(-c2ccc3c(c2)CCC3)cs1. The first-order valence-corrected chi connectivity index (χ1v) is 10.8. The second kappa shape index (κ2) is 8.76. The lowest BCUT2D eigenvalue weighted by atomic mass is 10.1. The molecular formula is C22H20ClN3O2S. The van der Waals surface area contributed by atoms with Gasteiger partial charge in [0, 0.05) is 23.9 Å². The predicted molar refractivity (Wildman–Crippen MR) is 117 cm³/mol. The van der Waals surface area contributed by atoms with Crippen LogP contribution in [0.5, 0.6) is 0 Å². The van der Waals surface area contributed by atoms with Gasteiger partial charge in [0.1, 0.15) is 0 Å². The fourth-order valence-electron chi connectivity index (χ4n) is 3.41. The molecule has 1 aliphatic carbocycles. The number of hydrogen-bond donors (Lipinski definition) is 2. The highest BCUT2D eigenvalue weighted by molar-refractivity contribution is 7.14. The summed E-state index contributed by atoms with van der Waals surface area (Å²) in [5.41, 5.74) is 5.17. The topological polar surface area (TPSA) is 71.1 Å². The number of amides is 2. The highest BCUT2D eigenvalue weighted by Gasteiger charge is 2.14. The molecule has 5 nitrogen and oxygen atoms in total. The van der Waals surface area contributed by atoms with E-state index < -0.39 is 0 Å². The van der Waals surface area contributed by atoms with Gasteiger partial charge in [-0.25, -0.2) is 4.98 Å². The van der Waals surface area contributed by atoms with Gasteiger partial charge >= 0.3 is 0 Å². The highest BCUT2D eigenvalue weighted by Crippen LogP contribution is 2.30. The molecule has 1 aliphatic rings. The van der Waals surface area contributed by atoms with Crippen molar-refractivity contribution in [2.45, 2.75) is 25.7 Å². The Morgan fingerprint density at radius 3 is 2.79 bits per heavy atom. The molecule has 0 atom stereocenters. The third-order valence-electron chi connectivity index (χ3n) is 4.90. The van der Waals surface area contributed by atoms with Crippen molar-refractivity contribution in [3.63, 3.8) is 0 Å². The van der Waals surface area contributed by atoms with Crippen molar-refractivity contribution in [2.75, 3.05) is 11.9 Å². The van der Waals surface area contributed by atoms with Crippen LogP contribution in [-0.4, -0.2) is 23.3 Å². The van der Waals surface area contributed by atoms with E-state index in [2.05, 4.69) is 33.8 Å². The summed E-state index contributed by atoms with van der Waals surface area (Å²) < 4.78 is 0. The number of aryl methyl sites for hydroxylation is 2. The number of fused-ring (bicyclic) bond motifs is 1. The number of nitrogens with zero attached hydrogens (tertiary/aromatic N) is 1. The van der Waals surface area contributed by atoms with Crippen LogP contribution < -0.4 is 10.6 Å². The maximum absolute atomic E-state index is 12.2. The number of nitrogens with one attached hydrogen (secondary N) is 2. The average Bonchev–Trinajstić information content (AvgIpc) is 3.36. The van der Waals surface area contributed by atoms with Crippen LogP contribution in [0.25, 0.3) is 11.3 Å². The third-order valence-corrected chi connectivity index (χ3v) is 5.99. The zero-order valence-corrected chi connectivity index (χ0v) is 17.3. The van der Waals surface area contributed by atoms with Gasteiger partial charge in [-0.2, -0.15) is 0 Å². The van der Waals surface area contributed by atoms with Gasteiger partial charge in [0.15, 0.2) is 5.13 Å². The summed E-state index contributed by atoms with van der Waals surface area (Å²) in [7, 11) is 0. The fraction of sp³-hybridized carbons (Fsp3) is 0.227. The number of thiazole rings is 1. The number of benzene rings is 2. The summed E-state index contributed by atoms with van der Waals surface area (Å²) in [5.74, 6) is -0.490. The maximum atomic E-state index is 12.2. The minimum Gasteiger partial charge on any atom is -0.351 e. The van der Waals surface area contributed by atoms with Gasteiger partial charge in [-0.1, -0.05) is 35.9 Å². The lowest BCUT2D eigenvalue weighted by Gasteiger charge is -2.06. The summed E-state index contributed by atoms with van der Waals surface area (Å²) in [4.78, 5) is 28.8. The first-order chi connectivity index (χ1) is 14.1. The van der Waals surface area contributed by atoms with Crippen molar-refractivity contribution in [2.24, 2.45) is 0 Å². The van der Waals surface area contributed by atoms with E-state index in [1.807, 2.05) is 5.38 Å². The number of aromatic nitrogens is 1. The van der Waals surface area contributed by atoms with Gasteiger partial charge in [-0.3, -0.25) is 9.59 Å². The summed E-state index contributed by atoms with van der Waals surface area (Å²) in [6, 6.07) is 13.3. The Kier molecular flexibility index (Phi) is 5.92. The van der Waals surface area contributed by atoms with Crippen LogP contribution in [0.4, 0.5) is 5.13 Å². The van der Waals surface area contributed by atoms with Gasteiger partial charge in [-0.15, -0.1) is 11.3 Å². The molecule has 7 heteroatoms. The summed E-state index contributed by atoms with van der Waals surface area (Å²) in [5, 5.41) is 8.40. The Balaban J connectivity index is 1.29. The molecule has 3 aromatic rings. The van der Waals surface area contributed by atoms with E-state index >= 15 is 0 Å². The second-order valence-corrected chi connectivity index (χ2v) is 8.17. The lowest BCUT2D eigenvalue weighted by molar-refractivity contribution is -0.116. The Morgan fingerprint density at radius 2 is 1.93 bits per heavy atom. The molecule has 2 amide bonds. The molecular weight excluding hydrogens is 406 g/mol. The van der Waals surface area contributed by atoms with Crippen LogP contribution in [0.3, 0.4) is 0 Å². The minimum atomic E-state index is -0.295. The molecule has 0 saturated carbocycles. The summed E-state index contributed by atoms with van der Waals surface area (Å²) in [6.45, 7) is 0.221. The molecule has 1 heterocycles. The van der Waals surface area contributed by atoms with Crippen molar-refractivity contribution < 1.29 is 9.59 Å². The van der Waals surface area contributed by atoms with E-state index in [1.54, 1.807) is 24.3 Å². The fourth-order valence-corrected chi connectivity index (χ4v) is 4.36. The van der Waals surface area contributed by atoms with Gasteiger partial charge in [0.2, 0.25) is 5.91 Å². The van der Waals surface area contributed by atoms with Crippen LogP contribution in [0, 0.1) is 0 Å². The first kappa shape index (κ1) is 19.6. The molecule has 0 bridgehead atoms. The largest absolute Gasteiger partial charge is 0.351 e. The molecule has 0 spiro atoms. The van der Waals surface area contributed by atoms with E-state index in [0.29, 0.717) is 15.7 Å². The van der Waals surface area contributed by atoms with E-state index in [0.717, 1.165) is 24.1 Å². The number of carbonyl (C=O) groups excluding carboxylic acids is 2. The second-order valence-electron chi connectivity index (χ2n) is 6.91. The van der Waals surface area contributed by atoms with Crippen molar-refractivity contribution in [1.29, 1.82) is 0 Å². The van der Waals surface area contributed by atoms with E-state index in [1.165, 1.54) is 28.9 Å². The van der Waals surface area contributed by atoms with Crippen LogP contribution in [0.2, 0.25) is 5.02 Å². The number of anilines is 1. The quantitative estimate of drug-likeness (QED) is 0.600. The van der Waals surface area contributed by atoms with Crippen LogP contribution >= 0.6 is 22.9 Å². The smallest absolute Gasteiger partial charge is 0.252 e. The molecule has 4 rings (SSSR count). The van der Waals surface area contributed by atoms with Gasteiger partial charge in [0.05, 0.1) is 16.3 Å². The van der Waals surface area contributed by atoms with Gasteiger partial charge in [0.25, 0.3) is 5.91 Å². The number of halogens is 1. The molecule has 29 heavy (non-hydrogen) atoms. The van der Waals surface area contributed by atoms with Gasteiger partial charge in [-0.05, 0) is 48.6 Å². The van der Waals surface area contributed by atoms with E-state index in [4.69, 9.17) is 11.6 Å². The van der Waals surface area contributed by atoms with Crippen molar-refractivity contribution in [3.8, 4) is 11.3 Å². The normalized spacial score (nSPS) is 12.4. The zero-order valence-electron chi connectivity index (χ0n) is 15.7. The standard InChI is InChI=1S/C22H20ClN3O2S/c23-18-7-2-1-6-17(18)21(28)24-11-10-20(27)26-22-25-19(13-29-22)16-9-8-14-4-3-5-15(14)12-16/h1-2,6-9,12-13H,3-5,10-11H2,(H,24,28)(H,25,26,27). The number of carbonyl (C=O) groups is 2. The lowest BCUT2D eigenvalue weighted by Crippen LogP contribution is -2.27. The highest BCUT2D eigenvalue weighted by atomic mass is 35.5. The molecule has 0 radical (unpaired) electrons. The van der Waals surface area contributed by atoms with E-state index in [-0.39, 0.29) is 24.8 Å². The third kappa shape index (κ3) is 4.66. The molecule has 0 aliphatic heterocycles. The van der Waals surface area contributed by atoms with Crippen LogP contribution in [0.15, 0.2) is 47.8 Å². The zero-order chi connectivity index (χ0) is 20.2. The number of hydrogen-bond acceptors (Lipinski definition) is 4. The average molecular weight is 426 g/mol. The summed E-state index contributed by atoms with van der Waals surface area (Å²) in [6.07, 6.45) is 3.64. The first-order valence-electron chi connectivity index (χ1n) is 9.50. The molecule has 0 fully saturated rings. The Hall–Kier alpha value is -2.70. The molecule has 0 unspecified atom stereocenters. The van der Waals surface area contributed by atoms with E-state index in [9.17, 15) is 9.59 Å². The Labute approximate surface area is 178 Å². The van der Waals surface area contributed by atoms with Gasteiger partial charge < -0.3 is 10.6 Å². The van der Waals surface area contributed by atoms with Crippen molar-refractivity contribution in [1.82, 2.24) is 10.3 Å². The monoisotopic (exact) mass is 425 g/mol. The van der Waals surface area contributed by atoms with Crippen molar-refractivity contribution >= 4 is 39.9 Å². The minimum absolute atomic E-state index is 0.157. The van der Waals surface area contributed by atoms with Crippen LogP contribution in [0.1, 0.15) is 34.3 Å². The molecule has 2 N–H and O–H groups in total. The molecule has 1 aromatic heterocycles. The maximum Gasteiger partial charge on any atom is 0.252 e. The Bertz CT molecular complexity index is 1060. The number of rotatable bonds is 6. The Morgan fingerprint density at radius 1 is 1.10 bits per heavy atom.